The minimum atomic E-state index is 0.0426. The molecule has 0 bridgehead atoms. The van der Waals surface area contributed by atoms with Crippen LogP contribution in [0.15, 0.2) is 24.5 Å². The fraction of sp³-hybridized carbons (Fsp3) is 0.421. The molecule has 1 aliphatic rings. The Morgan fingerprint density at radius 3 is 2.96 bits per heavy atom. The summed E-state index contributed by atoms with van der Waals surface area (Å²) >= 11 is 1.79. The predicted molar refractivity (Wildman–Crippen MR) is 104 cm³/mol. The van der Waals surface area contributed by atoms with Crippen LogP contribution in [-0.2, 0) is 17.6 Å². The van der Waals surface area contributed by atoms with Gasteiger partial charge in [-0.1, -0.05) is 0 Å². The molecule has 0 fully saturated rings. The maximum absolute atomic E-state index is 8.82. The number of aryl methyl sites for hydroxylation is 2. The standard InChI is InChI=1S/C19H22N4O2S/c24-9-11-25-10-8-21-18-16-14-5-1-2-6-15(14)26-19(16)23-17(22-18)13-4-3-7-20-12-13/h3-4,7,12,24H,1-2,5-6,8-11H2,(H,21,22,23). The Morgan fingerprint density at radius 1 is 1.19 bits per heavy atom. The molecule has 0 amide bonds. The van der Waals surface area contributed by atoms with Crippen molar-refractivity contribution in [2.75, 3.05) is 31.7 Å². The van der Waals surface area contributed by atoms with E-state index in [0.717, 1.165) is 29.1 Å². The predicted octanol–water partition coefficient (Wildman–Crippen LogP) is 3.05. The molecule has 6 nitrogen and oxygen atoms in total. The van der Waals surface area contributed by atoms with Gasteiger partial charge in [-0.05, 0) is 43.4 Å². The number of aliphatic hydroxyl groups excluding tert-OH is 1. The molecule has 3 aromatic heterocycles. The zero-order chi connectivity index (χ0) is 17.8. The zero-order valence-corrected chi connectivity index (χ0v) is 15.4. The van der Waals surface area contributed by atoms with Crippen LogP contribution >= 0.6 is 11.3 Å². The Hall–Kier alpha value is -2.09. The van der Waals surface area contributed by atoms with Gasteiger partial charge in [-0.15, -0.1) is 11.3 Å². The summed E-state index contributed by atoms with van der Waals surface area (Å²) < 4.78 is 5.36. The molecular formula is C19H22N4O2S. The zero-order valence-electron chi connectivity index (χ0n) is 14.6. The van der Waals surface area contributed by atoms with Crippen LogP contribution < -0.4 is 5.32 Å². The van der Waals surface area contributed by atoms with E-state index in [9.17, 15) is 0 Å². The van der Waals surface area contributed by atoms with Gasteiger partial charge in [0.15, 0.2) is 5.82 Å². The number of ether oxygens (including phenoxy) is 1. The smallest absolute Gasteiger partial charge is 0.164 e. The lowest BCUT2D eigenvalue weighted by molar-refractivity contribution is 0.0992. The molecule has 0 atom stereocenters. The highest BCUT2D eigenvalue weighted by Crippen LogP contribution is 2.39. The van der Waals surface area contributed by atoms with Gasteiger partial charge >= 0.3 is 0 Å². The molecule has 0 radical (unpaired) electrons. The van der Waals surface area contributed by atoms with Crippen LogP contribution in [0.3, 0.4) is 0 Å². The van der Waals surface area contributed by atoms with Crippen LogP contribution in [0.2, 0.25) is 0 Å². The van der Waals surface area contributed by atoms with E-state index >= 15 is 0 Å². The van der Waals surface area contributed by atoms with E-state index in [2.05, 4.69) is 10.3 Å². The average molecular weight is 370 g/mol. The van der Waals surface area contributed by atoms with E-state index in [4.69, 9.17) is 19.8 Å². The second-order valence-corrected chi connectivity index (χ2v) is 7.37. The Labute approximate surface area is 156 Å². The van der Waals surface area contributed by atoms with Gasteiger partial charge in [-0.3, -0.25) is 4.98 Å². The highest BCUT2D eigenvalue weighted by atomic mass is 32.1. The minimum absolute atomic E-state index is 0.0426. The van der Waals surface area contributed by atoms with Crippen LogP contribution in [0.1, 0.15) is 23.3 Å². The topological polar surface area (TPSA) is 80.2 Å². The molecule has 0 spiro atoms. The maximum atomic E-state index is 8.82. The summed E-state index contributed by atoms with van der Waals surface area (Å²) in [4.78, 5) is 16.3. The largest absolute Gasteiger partial charge is 0.394 e. The summed E-state index contributed by atoms with van der Waals surface area (Å²) in [7, 11) is 0. The van der Waals surface area contributed by atoms with Gasteiger partial charge in [0.2, 0.25) is 0 Å². The van der Waals surface area contributed by atoms with Crippen molar-refractivity contribution in [1.82, 2.24) is 15.0 Å². The summed E-state index contributed by atoms with van der Waals surface area (Å²) in [5, 5.41) is 13.4. The van der Waals surface area contributed by atoms with Gasteiger partial charge in [-0.2, -0.15) is 0 Å². The first-order valence-electron chi connectivity index (χ1n) is 9.02. The fourth-order valence-electron chi connectivity index (χ4n) is 3.32. The minimum Gasteiger partial charge on any atom is -0.394 e. The van der Waals surface area contributed by atoms with Gasteiger partial charge in [0.05, 0.1) is 25.2 Å². The first-order valence-corrected chi connectivity index (χ1v) is 9.83. The molecule has 26 heavy (non-hydrogen) atoms. The summed E-state index contributed by atoms with van der Waals surface area (Å²) in [5.74, 6) is 1.57. The van der Waals surface area contributed by atoms with Crippen LogP contribution in [-0.4, -0.2) is 46.4 Å². The summed E-state index contributed by atoms with van der Waals surface area (Å²) in [5.41, 5.74) is 2.33. The second-order valence-electron chi connectivity index (χ2n) is 6.29. The van der Waals surface area contributed by atoms with E-state index in [1.54, 1.807) is 23.7 Å². The van der Waals surface area contributed by atoms with Gasteiger partial charge < -0.3 is 15.2 Å². The Bertz CT molecular complexity index is 882. The van der Waals surface area contributed by atoms with E-state index < -0.39 is 0 Å². The van der Waals surface area contributed by atoms with Crippen LogP contribution in [0.25, 0.3) is 21.6 Å². The summed E-state index contributed by atoms with van der Waals surface area (Å²) in [6, 6.07) is 3.88. The average Bonchev–Trinajstić information content (AvgIpc) is 3.07. The molecule has 1 aliphatic carbocycles. The van der Waals surface area contributed by atoms with Crippen molar-refractivity contribution < 1.29 is 9.84 Å². The molecule has 0 saturated carbocycles. The van der Waals surface area contributed by atoms with Crippen molar-refractivity contribution in [1.29, 1.82) is 0 Å². The van der Waals surface area contributed by atoms with Gasteiger partial charge in [-0.25, -0.2) is 9.97 Å². The molecule has 3 aromatic rings. The first-order chi connectivity index (χ1) is 12.9. The number of nitrogens with one attached hydrogen (secondary N) is 1. The third-order valence-electron chi connectivity index (χ3n) is 4.51. The molecule has 0 aromatic carbocycles. The number of rotatable bonds is 7. The number of aromatic nitrogens is 3. The second kappa shape index (κ2) is 8.07. The lowest BCUT2D eigenvalue weighted by Crippen LogP contribution is -2.13. The van der Waals surface area contributed by atoms with Gasteiger partial charge in [0, 0.05) is 29.4 Å². The van der Waals surface area contributed by atoms with Crippen molar-refractivity contribution in [2.24, 2.45) is 0 Å². The van der Waals surface area contributed by atoms with Crippen molar-refractivity contribution in [3.8, 4) is 11.4 Å². The van der Waals surface area contributed by atoms with E-state index in [1.807, 2.05) is 12.1 Å². The van der Waals surface area contributed by atoms with Crippen LogP contribution in [0.4, 0.5) is 5.82 Å². The fourth-order valence-corrected chi connectivity index (χ4v) is 4.58. The van der Waals surface area contributed by atoms with E-state index in [1.165, 1.54) is 28.7 Å². The third-order valence-corrected chi connectivity index (χ3v) is 5.69. The molecular weight excluding hydrogens is 348 g/mol. The van der Waals surface area contributed by atoms with E-state index in [-0.39, 0.29) is 6.61 Å². The van der Waals surface area contributed by atoms with Crippen molar-refractivity contribution in [3.05, 3.63) is 35.0 Å². The summed E-state index contributed by atoms with van der Waals surface area (Å²) in [6.07, 6.45) is 8.26. The number of aliphatic hydroxyl groups is 1. The lowest BCUT2D eigenvalue weighted by Gasteiger charge is -2.13. The molecule has 0 aliphatic heterocycles. The van der Waals surface area contributed by atoms with Crippen molar-refractivity contribution >= 4 is 27.4 Å². The first kappa shape index (κ1) is 17.3. The van der Waals surface area contributed by atoms with E-state index in [0.29, 0.717) is 25.6 Å². The number of hydrogen-bond donors (Lipinski definition) is 2. The molecule has 0 unspecified atom stereocenters. The molecule has 0 saturated heterocycles. The number of thiophene rings is 1. The number of anilines is 1. The normalized spacial score (nSPS) is 13.7. The Kier molecular flexibility index (Phi) is 5.38. The molecule has 4 rings (SSSR count). The summed E-state index contributed by atoms with van der Waals surface area (Å²) in [6.45, 7) is 1.57. The Morgan fingerprint density at radius 2 is 2.12 bits per heavy atom. The SMILES string of the molecule is OCCOCCNc1nc(-c2cccnc2)nc2sc3c(c12)CCCC3. The quantitative estimate of drug-likeness (QED) is 0.622. The van der Waals surface area contributed by atoms with Crippen LogP contribution in [0.5, 0.6) is 0 Å². The van der Waals surface area contributed by atoms with Gasteiger partial charge in [0.25, 0.3) is 0 Å². The van der Waals surface area contributed by atoms with Crippen molar-refractivity contribution in [2.45, 2.75) is 25.7 Å². The van der Waals surface area contributed by atoms with Crippen LogP contribution in [0, 0.1) is 0 Å². The van der Waals surface area contributed by atoms with Gasteiger partial charge in [0.1, 0.15) is 10.6 Å². The number of hydrogen-bond acceptors (Lipinski definition) is 7. The highest BCUT2D eigenvalue weighted by molar-refractivity contribution is 7.19. The highest BCUT2D eigenvalue weighted by Gasteiger charge is 2.21. The number of fused-ring (bicyclic) bond motifs is 3. The third kappa shape index (κ3) is 3.56. The lowest BCUT2D eigenvalue weighted by atomic mass is 9.97. The maximum Gasteiger partial charge on any atom is 0.164 e. The number of pyridine rings is 1. The monoisotopic (exact) mass is 370 g/mol. The molecule has 136 valence electrons. The number of nitrogens with zero attached hydrogens (tertiary/aromatic N) is 3. The Balaban J connectivity index is 1.71. The molecule has 2 N–H and O–H groups in total. The van der Waals surface area contributed by atoms with Crippen molar-refractivity contribution in [3.63, 3.8) is 0 Å². The molecule has 3 heterocycles. The molecule has 7 heteroatoms.